The highest BCUT2D eigenvalue weighted by Crippen LogP contribution is 2.31. The third kappa shape index (κ3) is 33.3. The topological polar surface area (TPSA) is 367 Å². The van der Waals surface area contributed by atoms with Gasteiger partial charge in [-0.05, 0) is 121 Å². The van der Waals surface area contributed by atoms with Crippen molar-refractivity contribution in [3.8, 4) is 0 Å². The highest BCUT2D eigenvalue weighted by atomic mass is 32.1. The predicted octanol–water partition coefficient (Wildman–Crippen LogP) is 8.37. The first-order chi connectivity index (χ1) is 53.6. The van der Waals surface area contributed by atoms with Gasteiger partial charge in [0.2, 0.25) is 41.4 Å². The molecule has 5 rings (SSSR count). The second kappa shape index (κ2) is 50.2. The van der Waals surface area contributed by atoms with Gasteiger partial charge < -0.3 is 80.8 Å². The van der Waals surface area contributed by atoms with Gasteiger partial charge in [0, 0.05) is 84.8 Å². The number of carbonyl (C=O) groups is 11. The number of aromatic nitrogens is 1. The number of likely N-dealkylation sites (tertiary alicyclic amines) is 1. The smallest absolute Gasteiger partial charge is 0.410 e. The summed E-state index contributed by atoms with van der Waals surface area (Å²) in [6.45, 7) is 29.9. The Bertz CT molecular complexity index is 3410. The summed E-state index contributed by atoms with van der Waals surface area (Å²) in [5.74, 6) is -4.28. The molecule has 2 aliphatic rings. The molecule has 8 N–H and O–H groups in total. The Labute approximate surface area is 674 Å². The second-order valence-corrected chi connectivity index (χ2v) is 32.4. The number of Topliss-reactive ketones (excluding diaryl/α,β-unsaturated/α-hetero) is 1. The quantitative estimate of drug-likeness (QED) is 0.0206. The first-order valence-electron chi connectivity index (χ1n) is 40.2. The number of piperidine rings is 1. The molecule has 11 atom stereocenters. The molecule has 1 aromatic heterocycles. The molecule has 2 fully saturated rings. The van der Waals surface area contributed by atoms with Crippen molar-refractivity contribution in [2.24, 2.45) is 35.3 Å². The standard InChI is InChI=1S/C50H74N6O8S.C33H60N6O9/c1-13-34(7)44(54(9)49(60)42(31(2)3)53-47(59)43(32(4)5)55(10)50(61)64-30-37-23-21-33(6)22-24-37)40(62-11)29-41(57)56-26-17-20-39(56)45(63-12)35(8)46(58)52-38(48-51-25-27-65-48)28-36-18-15-14-16-19-36;1-7-26(40)25(9-8-15-36-32(34)45)37-31(44)30(23(2)3)38-27(41)10-11-28(42)39(24-12-16-35-17-13-24)18-20-47-22-21-46-19-14-29(43)48-33(4,5)6/h14-16,18-19,21-25,27,31-32,34-35,38-40,42-45H,13,17,20,26,28-30H2,1-12H3,(H,52,58)(H,53,59);23-25,30,35H,7-22H2,1-6H3,(H,37,44)(H,38,41)(H3,34,36,45)/t34-,35+,38-,39-,40+,42-,43-,44-,45+;25-,30-/m00/s1. The average Bonchev–Trinajstić information content (AvgIpc) is 1.78. The van der Waals surface area contributed by atoms with E-state index in [1.807, 2.05) is 141 Å². The fourth-order valence-electron chi connectivity index (χ4n) is 14.2. The lowest BCUT2D eigenvalue weighted by molar-refractivity contribution is -0.156. The number of ketones is 1. The minimum absolute atomic E-state index is 0.0105. The minimum Gasteiger partial charge on any atom is -0.460 e. The number of hydrogen-bond acceptors (Lipinski definition) is 20. The third-order valence-electron chi connectivity index (χ3n) is 20.6. The van der Waals surface area contributed by atoms with E-state index in [0.29, 0.717) is 65.0 Å². The fourth-order valence-corrected chi connectivity index (χ4v) is 14.8. The number of carbonyl (C=O) groups excluding carboxylic acids is 11. The van der Waals surface area contributed by atoms with Crippen LogP contribution in [0.25, 0.3) is 0 Å². The minimum atomic E-state index is -0.938. The number of nitrogens with one attached hydrogen (secondary N) is 6. The van der Waals surface area contributed by atoms with E-state index in [9.17, 15) is 52.7 Å². The van der Waals surface area contributed by atoms with Crippen LogP contribution in [-0.2, 0) is 84.6 Å². The fraction of sp³-hybridized carbons (Fsp3) is 0.687. The van der Waals surface area contributed by atoms with Gasteiger partial charge in [0.15, 0.2) is 5.78 Å². The zero-order chi connectivity index (χ0) is 84.1. The summed E-state index contributed by atoms with van der Waals surface area (Å²) in [6.07, 6.45) is 5.06. The highest BCUT2D eigenvalue weighted by molar-refractivity contribution is 7.09. The van der Waals surface area contributed by atoms with Gasteiger partial charge in [-0.3, -0.25) is 48.1 Å². The van der Waals surface area contributed by atoms with Crippen molar-refractivity contribution in [3.05, 3.63) is 87.9 Å². The van der Waals surface area contributed by atoms with Crippen molar-refractivity contribution < 1.29 is 81.2 Å². The summed E-state index contributed by atoms with van der Waals surface area (Å²) >= 11 is 1.49. The molecule has 0 saturated carbocycles. The zero-order valence-corrected chi connectivity index (χ0v) is 71.3. The molecule has 2 saturated heterocycles. The predicted molar refractivity (Wildman–Crippen MR) is 434 cm³/mol. The number of hydrogen-bond donors (Lipinski definition) is 7. The van der Waals surface area contributed by atoms with Crippen LogP contribution in [0.5, 0.6) is 0 Å². The average molecular weight is 1600 g/mol. The van der Waals surface area contributed by atoms with Gasteiger partial charge in [-0.25, -0.2) is 14.6 Å². The van der Waals surface area contributed by atoms with Crippen molar-refractivity contribution in [2.45, 2.75) is 253 Å². The maximum atomic E-state index is 14.6. The Morgan fingerprint density at radius 1 is 0.726 bits per heavy atom. The van der Waals surface area contributed by atoms with Gasteiger partial charge in [0.05, 0.1) is 81.6 Å². The molecule has 0 spiro atoms. The van der Waals surface area contributed by atoms with Gasteiger partial charge in [-0.2, -0.15) is 0 Å². The molecule has 634 valence electrons. The van der Waals surface area contributed by atoms with Crippen LogP contribution in [0.2, 0.25) is 0 Å². The molecule has 3 heterocycles. The lowest BCUT2D eigenvalue weighted by atomic mass is 9.89. The molecule has 29 nitrogen and oxygen atoms in total. The second-order valence-electron chi connectivity index (χ2n) is 31.5. The first kappa shape index (κ1) is 97.2. The van der Waals surface area contributed by atoms with Crippen molar-refractivity contribution in [1.29, 1.82) is 0 Å². The molecule has 0 unspecified atom stereocenters. The molecule has 10 amide bonds. The van der Waals surface area contributed by atoms with Crippen LogP contribution in [0.3, 0.4) is 0 Å². The number of ether oxygens (including phenoxy) is 6. The monoisotopic (exact) mass is 1600 g/mol. The Balaban J connectivity index is 0.000000500. The zero-order valence-electron chi connectivity index (χ0n) is 70.4. The van der Waals surface area contributed by atoms with Crippen LogP contribution in [0.1, 0.15) is 195 Å². The van der Waals surface area contributed by atoms with Crippen molar-refractivity contribution in [1.82, 2.24) is 56.5 Å². The molecule has 2 aromatic carbocycles. The number of likely N-dealkylation sites (N-methyl/N-ethyl adjacent to an activating group) is 2. The van der Waals surface area contributed by atoms with E-state index in [1.54, 1.807) is 58.0 Å². The number of nitrogens with two attached hydrogens (primary N) is 1. The molecule has 0 aliphatic carbocycles. The molecule has 113 heavy (non-hydrogen) atoms. The van der Waals surface area contributed by atoms with Crippen molar-refractivity contribution >= 4 is 76.6 Å². The van der Waals surface area contributed by atoms with Crippen LogP contribution in [0.15, 0.2) is 66.2 Å². The number of rotatable bonds is 46. The summed E-state index contributed by atoms with van der Waals surface area (Å²) in [5, 5.41) is 20.2. The van der Waals surface area contributed by atoms with E-state index in [1.165, 1.54) is 23.3 Å². The summed E-state index contributed by atoms with van der Waals surface area (Å²) in [5.41, 5.74) is 7.54. The Morgan fingerprint density at radius 3 is 1.96 bits per heavy atom. The van der Waals surface area contributed by atoms with Gasteiger partial charge in [-0.15, -0.1) is 11.3 Å². The number of esters is 1. The van der Waals surface area contributed by atoms with Crippen LogP contribution in [0, 0.1) is 36.5 Å². The van der Waals surface area contributed by atoms with Crippen molar-refractivity contribution in [3.63, 3.8) is 0 Å². The van der Waals surface area contributed by atoms with Gasteiger partial charge >= 0.3 is 18.1 Å². The molecular formula is C83H134N12O17S. The number of primary amides is 1. The number of nitrogens with zero attached hydrogens (tertiary/aromatic N) is 5. The van der Waals surface area contributed by atoms with Crippen LogP contribution < -0.4 is 37.6 Å². The lowest BCUT2D eigenvalue weighted by Crippen LogP contribution is -2.60. The van der Waals surface area contributed by atoms with E-state index in [-0.39, 0.29) is 129 Å². The Hall–Kier alpha value is -8.16. The maximum Gasteiger partial charge on any atom is 0.410 e. The number of aryl methyl sites for hydroxylation is 1. The largest absolute Gasteiger partial charge is 0.460 e. The van der Waals surface area contributed by atoms with E-state index in [2.05, 4.69) is 36.9 Å². The number of benzene rings is 2. The summed E-state index contributed by atoms with van der Waals surface area (Å²) in [7, 11) is 6.36. The molecule has 0 radical (unpaired) electrons. The van der Waals surface area contributed by atoms with Crippen molar-refractivity contribution in [2.75, 3.05) is 87.5 Å². The highest BCUT2D eigenvalue weighted by Gasteiger charge is 2.44. The number of methoxy groups -OCH3 is 2. The SMILES string of the molecule is CCC(=O)[C@H](CCCNC(N)=O)NC(=O)[C@@H](NC(=O)CCC(=O)N(CCOCCOCCC(=O)OC(C)(C)C)C1CCNCC1)C(C)C.CC[C@H](C)[C@@H]([C@@H](CC(=O)N1CCC[C@H]1[C@H](OC)[C@@H](C)C(=O)N[C@@H](Cc1ccccc1)c1nccs1)OC)N(C)C(=O)[C@@H](NC(=O)[C@H](C(C)C)N(C)C(=O)OCc1ccc(C)cc1)C(C)C. The molecule has 2 aliphatic heterocycles. The molecule has 3 aromatic rings. The number of urea groups is 1. The van der Waals surface area contributed by atoms with E-state index >= 15 is 0 Å². The van der Waals surface area contributed by atoms with Crippen LogP contribution >= 0.6 is 11.3 Å². The first-order valence-corrected chi connectivity index (χ1v) is 41.1. The van der Waals surface area contributed by atoms with Crippen LogP contribution in [0.4, 0.5) is 9.59 Å². The molecule has 30 heteroatoms. The van der Waals surface area contributed by atoms with E-state index in [0.717, 1.165) is 54.0 Å². The van der Waals surface area contributed by atoms with Gasteiger partial charge in [0.25, 0.3) is 0 Å². The Morgan fingerprint density at radius 2 is 1.38 bits per heavy atom. The third-order valence-corrected chi connectivity index (χ3v) is 21.5. The summed E-state index contributed by atoms with van der Waals surface area (Å²) < 4.78 is 34.1. The molecule has 0 bridgehead atoms. The van der Waals surface area contributed by atoms with Crippen LogP contribution in [-0.4, -0.2) is 237 Å². The van der Waals surface area contributed by atoms with E-state index in [4.69, 9.17) is 34.2 Å². The summed E-state index contributed by atoms with van der Waals surface area (Å²) in [6, 6.07) is 12.3. The number of amides is 10. The van der Waals surface area contributed by atoms with Gasteiger partial charge in [-0.1, -0.05) is 136 Å². The summed E-state index contributed by atoms with van der Waals surface area (Å²) in [4.78, 5) is 156. The Kier molecular flexibility index (Phi) is 43.2. The lowest BCUT2D eigenvalue weighted by Gasteiger charge is -2.41. The van der Waals surface area contributed by atoms with Gasteiger partial charge in [0.1, 0.15) is 35.3 Å². The van der Waals surface area contributed by atoms with E-state index < -0.39 is 83.8 Å². The maximum absolute atomic E-state index is 14.6. The number of thiazole rings is 1. The normalized spacial score (nSPS) is 16.5. The molecular weight excluding hydrogens is 1470 g/mol.